The topological polar surface area (TPSA) is 61.0 Å². The highest BCUT2D eigenvalue weighted by molar-refractivity contribution is 5.37. The van der Waals surface area contributed by atoms with E-state index in [1.54, 1.807) is 0 Å². The van der Waals surface area contributed by atoms with Crippen molar-refractivity contribution in [2.45, 2.75) is 19.1 Å². The Morgan fingerprint density at radius 1 is 0.913 bits per heavy atom. The zero-order valence-corrected chi connectivity index (χ0v) is 13.7. The molecule has 128 valence electrons. The van der Waals surface area contributed by atoms with Gasteiger partial charge in [-0.1, -0.05) is 0 Å². The van der Waals surface area contributed by atoms with Crippen molar-refractivity contribution < 1.29 is 18.9 Å². The van der Waals surface area contributed by atoms with Gasteiger partial charge >= 0.3 is 0 Å². The molecular weight excluding hydrogens is 296 g/mol. The summed E-state index contributed by atoms with van der Waals surface area (Å²) in [6.07, 6.45) is 0.214. The maximum atomic E-state index is 5.87. The molecule has 2 fully saturated rings. The van der Waals surface area contributed by atoms with Crippen LogP contribution >= 0.6 is 0 Å². The maximum absolute atomic E-state index is 5.87. The Bertz CT molecular complexity index is 445. The van der Waals surface area contributed by atoms with Gasteiger partial charge in [-0.2, -0.15) is 0 Å². The van der Waals surface area contributed by atoms with Crippen LogP contribution in [0.25, 0.3) is 0 Å². The van der Waals surface area contributed by atoms with Crippen molar-refractivity contribution in [1.82, 2.24) is 10.6 Å². The highest BCUT2D eigenvalue weighted by Gasteiger charge is 2.16. The third-order valence-electron chi connectivity index (χ3n) is 3.90. The Morgan fingerprint density at radius 2 is 1.43 bits per heavy atom. The summed E-state index contributed by atoms with van der Waals surface area (Å²) in [5.41, 5.74) is 1.11. The van der Waals surface area contributed by atoms with E-state index < -0.39 is 0 Å². The summed E-state index contributed by atoms with van der Waals surface area (Å²) in [4.78, 5) is 0. The predicted octanol–water partition coefficient (Wildman–Crippen LogP) is 0.729. The fourth-order valence-electron chi connectivity index (χ4n) is 2.71. The third-order valence-corrected chi connectivity index (χ3v) is 3.90. The molecule has 1 aromatic carbocycles. The highest BCUT2D eigenvalue weighted by atomic mass is 16.5. The van der Waals surface area contributed by atoms with Crippen molar-refractivity contribution in [3.8, 4) is 11.5 Å². The number of rotatable bonds is 6. The summed E-state index contributed by atoms with van der Waals surface area (Å²) < 4.78 is 23.0. The molecule has 0 unspecified atom stereocenters. The second kappa shape index (κ2) is 8.49. The van der Waals surface area contributed by atoms with E-state index in [1.165, 1.54) is 0 Å². The number of benzene rings is 1. The lowest BCUT2D eigenvalue weighted by Crippen LogP contribution is -2.41. The Hall–Kier alpha value is -1.34. The number of morpholine rings is 2. The zero-order valence-electron chi connectivity index (χ0n) is 13.7. The standard InChI is InChI=1S/C17H26N2O4/c1-13-6-14(22-11-16-9-18-2-4-20-16)8-15(7-13)23-12-17-10-19-3-5-21-17/h6-8,16-19H,2-5,9-12H2,1H3/t16-,17-/m0/s1. The molecule has 0 aliphatic carbocycles. The molecule has 2 N–H and O–H groups in total. The Kier molecular flexibility index (Phi) is 6.10. The van der Waals surface area contributed by atoms with E-state index in [-0.39, 0.29) is 12.2 Å². The normalized spacial score (nSPS) is 25.1. The third kappa shape index (κ3) is 5.35. The average molecular weight is 322 g/mol. The molecule has 0 spiro atoms. The van der Waals surface area contributed by atoms with Crippen molar-refractivity contribution >= 4 is 0 Å². The quantitative estimate of drug-likeness (QED) is 0.805. The van der Waals surface area contributed by atoms with Crippen LogP contribution in [0.4, 0.5) is 0 Å². The van der Waals surface area contributed by atoms with Crippen molar-refractivity contribution in [1.29, 1.82) is 0 Å². The first-order valence-electron chi connectivity index (χ1n) is 8.31. The van der Waals surface area contributed by atoms with Crippen molar-refractivity contribution in [3.63, 3.8) is 0 Å². The van der Waals surface area contributed by atoms with Gasteiger partial charge in [0.2, 0.25) is 0 Å². The lowest BCUT2D eigenvalue weighted by Gasteiger charge is -2.24. The second-order valence-electron chi connectivity index (χ2n) is 6.00. The summed E-state index contributed by atoms with van der Waals surface area (Å²) in [5.74, 6) is 1.63. The predicted molar refractivity (Wildman–Crippen MR) is 87.4 cm³/mol. The molecule has 23 heavy (non-hydrogen) atoms. The van der Waals surface area contributed by atoms with Gasteiger partial charge in [0.25, 0.3) is 0 Å². The summed E-state index contributed by atoms with van der Waals surface area (Å²) >= 11 is 0. The lowest BCUT2D eigenvalue weighted by molar-refractivity contribution is -0.00133. The monoisotopic (exact) mass is 322 g/mol. The van der Waals surface area contributed by atoms with Gasteiger partial charge in [-0.15, -0.1) is 0 Å². The van der Waals surface area contributed by atoms with Crippen LogP contribution in [0, 0.1) is 6.92 Å². The van der Waals surface area contributed by atoms with E-state index in [0.29, 0.717) is 13.2 Å². The Balaban J connectivity index is 1.50. The number of hydrogen-bond acceptors (Lipinski definition) is 6. The van der Waals surface area contributed by atoms with E-state index in [9.17, 15) is 0 Å². The van der Waals surface area contributed by atoms with Crippen LogP contribution in [0.1, 0.15) is 5.56 Å². The first-order chi connectivity index (χ1) is 11.3. The van der Waals surface area contributed by atoms with Gasteiger partial charge in [0.15, 0.2) is 0 Å². The van der Waals surface area contributed by atoms with Crippen LogP contribution < -0.4 is 20.1 Å². The van der Waals surface area contributed by atoms with E-state index in [2.05, 4.69) is 10.6 Å². The van der Waals surface area contributed by atoms with E-state index in [1.807, 2.05) is 25.1 Å². The Labute approximate surface area is 137 Å². The Morgan fingerprint density at radius 3 is 1.87 bits per heavy atom. The summed E-state index contributed by atoms with van der Waals surface area (Å²) in [5, 5.41) is 6.60. The van der Waals surface area contributed by atoms with Crippen LogP contribution in [-0.4, -0.2) is 64.8 Å². The van der Waals surface area contributed by atoms with Crippen molar-refractivity contribution in [2.75, 3.05) is 52.6 Å². The number of aryl methyl sites for hydroxylation is 1. The minimum atomic E-state index is 0.107. The van der Waals surface area contributed by atoms with Crippen LogP contribution in [0.5, 0.6) is 11.5 Å². The zero-order chi connectivity index (χ0) is 15.9. The van der Waals surface area contributed by atoms with Gasteiger partial charge in [-0.3, -0.25) is 0 Å². The number of ether oxygens (including phenoxy) is 4. The molecule has 6 nitrogen and oxygen atoms in total. The largest absolute Gasteiger partial charge is 0.491 e. The molecule has 2 aliphatic heterocycles. The van der Waals surface area contributed by atoms with Crippen LogP contribution in [0.15, 0.2) is 18.2 Å². The fraction of sp³-hybridized carbons (Fsp3) is 0.647. The van der Waals surface area contributed by atoms with E-state index in [4.69, 9.17) is 18.9 Å². The molecule has 0 bridgehead atoms. The molecule has 0 amide bonds. The van der Waals surface area contributed by atoms with Crippen LogP contribution in [0.3, 0.4) is 0 Å². The summed E-state index contributed by atoms with van der Waals surface area (Å²) in [7, 11) is 0. The minimum Gasteiger partial charge on any atom is -0.491 e. The molecule has 2 saturated heterocycles. The van der Waals surface area contributed by atoms with Gasteiger partial charge in [0.1, 0.15) is 36.9 Å². The first-order valence-corrected chi connectivity index (χ1v) is 8.31. The van der Waals surface area contributed by atoms with E-state index in [0.717, 1.165) is 56.5 Å². The van der Waals surface area contributed by atoms with Crippen LogP contribution in [0.2, 0.25) is 0 Å². The molecule has 6 heteroatoms. The first kappa shape index (κ1) is 16.5. The molecule has 2 aliphatic rings. The van der Waals surface area contributed by atoms with Gasteiger partial charge in [-0.25, -0.2) is 0 Å². The number of hydrogen-bond donors (Lipinski definition) is 2. The molecule has 2 atom stereocenters. The van der Waals surface area contributed by atoms with Crippen LogP contribution in [-0.2, 0) is 9.47 Å². The molecule has 1 aromatic rings. The molecule has 0 aromatic heterocycles. The smallest absolute Gasteiger partial charge is 0.123 e. The summed E-state index contributed by atoms with van der Waals surface area (Å²) in [6.45, 7) is 8.11. The van der Waals surface area contributed by atoms with E-state index >= 15 is 0 Å². The molecular formula is C17H26N2O4. The summed E-state index contributed by atoms with van der Waals surface area (Å²) in [6, 6.07) is 5.96. The van der Waals surface area contributed by atoms with Gasteiger partial charge in [0.05, 0.1) is 13.2 Å². The second-order valence-corrected chi connectivity index (χ2v) is 6.00. The van der Waals surface area contributed by atoms with Gasteiger partial charge < -0.3 is 29.6 Å². The SMILES string of the molecule is Cc1cc(OC[C@@H]2CNCCO2)cc(OC[C@@H]2CNCCO2)c1. The lowest BCUT2D eigenvalue weighted by atomic mass is 10.2. The minimum absolute atomic E-state index is 0.107. The maximum Gasteiger partial charge on any atom is 0.123 e. The molecule has 2 heterocycles. The van der Waals surface area contributed by atoms with Crippen molar-refractivity contribution in [3.05, 3.63) is 23.8 Å². The van der Waals surface area contributed by atoms with Gasteiger partial charge in [0, 0.05) is 32.2 Å². The molecule has 0 saturated carbocycles. The number of nitrogens with one attached hydrogen (secondary N) is 2. The molecule has 0 radical (unpaired) electrons. The van der Waals surface area contributed by atoms with Gasteiger partial charge in [-0.05, 0) is 24.6 Å². The highest BCUT2D eigenvalue weighted by Crippen LogP contribution is 2.23. The fourth-order valence-corrected chi connectivity index (χ4v) is 2.71. The molecule has 3 rings (SSSR count). The van der Waals surface area contributed by atoms with Crippen molar-refractivity contribution in [2.24, 2.45) is 0 Å². The average Bonchev–Trinajstić information content (AvgIpc) is 2.60.